The fraction of sp³-hybridized carbons (Fsp3) is 0.286. The number of carbonyl (C=O) groups excluding carboxylic acids is 1. The van der Waals surface area contributed by atoms with Crippen molar-refractivity contribution < 1.29 is 9.21 Å². The summed E-state index contributed by atoms with van der Waals surface area (Å²) in [7, 11) is 0. The Balaban J connectivity index is 1.96. The molecule has 0 saturated carbocycles. The van der Waals surface area contributed by atoms with E-state index in [0.29, 0.717) is 29.6 Å². The number of aryl methyl sites for hydroxylation is 1. The lowest BCUT2D eigenvalue weighted by Gasteiger charge is -2.09. The Hall–Kier alpha value is -3.15. The van der Waals surface area contributed by atoms with Crippen LogP contribution in [0.1, 0.15) is 42.1 Å². The third-order valence-electron chi connectivity index (χ3n) is 3.75. The quantitative estimate of drug-likeness (QED) is 0.533. The third kappa shape index (κ3) is 6.93. The monoisotopic (exact) mass is 368 g/mol. The summed E-state index contributed by atoms with van der Waals surface area (Å²) in [4.78, 5) is 12.3. The predicted octanol–water partition coefficient (Wildman–Crippen LogP) is 3.62. The van der Waals surface area contributed by atoms with Gasteiger partial charge < -0.3 is 26.5 Å². The minimum atomic E-state index is -0.184. The van der Waals surface area contributed by atoms with Crippen molar-refractivity contribution in [1.82, 2.24) is 5.32 Å². The van der Waals surface area contributed by atoms with Crippen molar-refractivity contribution in [3.63, 3.8) is 0 Å². The van der Waals surface area contributed by atoms with Gasteiger partial charge in [-0.25, -0.2) is 0 Å². The van der Waals surface area contributed by atoms with E-state index in [2.05, 4.69) is 24.5 Å². The predicted molar refractivity (Wildman–Crippen MR) is 109 cm³/mol. The van der Waals surface area contributed by atoms with Crippen LogP contribution in [0.15, 0.2) is 64.5 Å². The number of hydrogen-bond acceptors (Lipinski definition) is 5. The molecule has 0 fully saturated rings. The second-order valence-electron chi connectivity index (χ2n) is 6.86. The lowest BCUT2D eigenvalue weighted by molar-refractivity contribution is 0.0948. The van der Waals surface area contributed by atoms with Gasteiger partial charge in [0, 0.05) is 16.9 Å². The third-order valence-corrected chi connectivity index (χ3v) is 3.75. The van der Waals surface area contributed by atoms with E-state index in [4.69, 9.17) is 15.9 Å². The van der Waals surface area contributed by atoms with Crippen LogP contribution in [0.5, 0.6) is 0 Å². The van der Waals surface area contributed by atoms with Crippen molar-refractivity contribution in [2.24, 2.45) is 17.4 Å². The zero-order valence-corrected chi connectivity index (χ0v) is 16.1. The summed E-state index contributed by atoms with van der Waals surface area (Å²) in [5.41, 5.74) is 14.0. The zero-order chi connectivity index (χ0) is 19.8. The number of rotatable bonds is 8. The van der Waals surface area contributed by atoms with Gasteiger partial charge in [0.15, 0.2) is 0 Å². The number of furan rings is 1. The first-order chi connectivity index (χ1) is 12.8. The van der Waals surface area contributed by atoms with Gasteiger partial charge in [-0.2, -0.15) is 0 Å². The normalized spacial score (nSPS) is 12.3. The first-order valence-electron chi connectivity index (χ1n) is 8.96. The number of amides is 1. The molecule has 0 aliphatic heterocycles. The molecule has 1 aromatic heterocycles. The Labute approximate surface area is 160 Å². The van der Waals surface area contributed by atoms with Crippen LogP contribution in [0, 0.1) is 12.8 Å². The summed E-state index contributed by atoms with van der Waals surface area (Å²) in [6.45, 7) is 6.42. The summed E-state index contributed by atoms with van der Waals surface area (Å²) in [5.74, 6) is 2.29. The largest absolute Gasteiger partial charge is 0.465 e. The molecular weight excluding hydrogens is 340 g/mol. The van der Waals surface area contributed by atoms with Gasteiger partial charge in [0.05, 0.1) is 6.54 Å². The summed E-state index contributed by atoms with van der Waals surface area (Å²) < 4.78 is 5.45. The van der Waals surface area contributed by atoms with E-state index < -0.39 is 0 Å². The SMILES string of the molecule is Cc1ccc(CNC(=O)c2cccc(N/C(N)=C/C=C(\N)CC(C)C)c2)o1. The Kier molecular flexibility index (Phi) is 7.11. The van der Waals surface area contributed by atoms with Crippen LogP contribution in [-0.4, -0.2) is 5.91 Å². The number of carbonyl (C=O) groups is 1. The Morgan fingerprint density at radius 2 is 1.96 bits per heavy atom. The van der Waals surface area contributed by atoms with Gasteiger partial charge in [-0.3, -0.25) is 4.79 Å². The number of hydrogen-bond donors (Lipinski definition) is 4. The van der Waals surface area contributed by atoms with Crippen molar-refractivity contribution in [1.29, 1.82) is 0 Å². The van der Waals surface area contributed by atoms with Crippen LogP contribution in [0.2, 0.25) is 0 Å². The summed E-state index contributed by atoms with van der Waals surface area (Å²) in [6.07, 6.45) is 4.34. The first kappa shape index (κ1) is 20.2. The van der Waals surface area contributed by atoms with E-state index in [-0.39, 0.29) is 5.91 Å². The van der Waals surface area contributed by atoms with E-state index >= 15 is 0 Å². The highest BCUT2D eigenvalue weighted by Gasteiger charge is 2.07. The first-order valence-corrected chi connectivity index (χ1v) is 8.96. The average molecular weight is 368 g/mol. The molecule has 6 N–H and O–H groups in total. The minimum absolute atomic E-state index is 0.184. The molecule has 0 spiro atoms. The molecule has 2 rings (SSSR count). The fourth-order valence-electron chi connectivity index (χ4n) is 2.53. The van der Waals surface area contributed by atoms with Gasteiger partial charge in [-0.1, -0.05) is 19.9 Å². The lowest BCUT2D eigenvalue weighted by Crippen LogP contribution is -2.22. The molecule has 0 saturated heterocycles. The van der Waals surface area contributed by atoms with Crippen LogP contribution in [0.25, 0.3) is 0 Å². The molecule has 0 aliphatic rings. The molecule has 27 heavy (non-hydrogen) atoms. The Morgan fingerprint density at radius 1 is 1.19 bits per heavy atom. The molecule has 6 heteroatoms. The topological polar surface area (TPSA) is 106 Å². The van der Waals surface area contributed by atoms with Gasteiger partial charge >= 0.3 is 0 Å². The van der Waals surface area contributed by atoms with E-state index in [1.165, 1.54) is 0 Å². The van der Waals surface area contributed by atoms with Crippen molar-refractivity contribution in [2.45, 2.75) is 33.7 Å². The van der Waals surface area contributed by atoms with Crippen LogP contribution in [0.3, 0.4) is 0 Å². The summed E-state index contributed by atoms with van der Waals surface area (Å²) in [6, 6.07) is 10.8. The maximum atomic E-state index is 12.3. The molecule has 2 aromatic rings. The smallest absolute Gasteiger partial charge is 0.251 e. The number of nitrogens with one attached hydrogen (secondary N) is 2. The van der Waals surface area contributed by atoms with Crippen molar-refractivity contribution >= 4 is 11.6 Å². The standard InChI is InChI=1S/C21H28N4O2/c1-14(2)11-17(22)8-10-20(23)25-18-6-4-5-16(12-18)21(26)24-13-19-9-7-15(3)27-19/h4-10,12,14,25H,11,13,22-23H2,1-3H3,(H,24,26)/b17-8-,20-10+. The van der Waals surface area contributed by atoms with Gasteiger partial charge in [0.2, 0.25) is 0 Å². The van der Waals surface area contributed by atoms with E-state index in [1.54, 1.807) is 30.4 Å². The van der Waals surface area contributed by atoms with Gasteiger partial charge in [-0.15, -0.1) is 0 Å². The summed E-state index contributed by atoms with van der Waals surface area (Å²) in [5, 5.41) is 5.90. The Bertz CT molecular complexity index is 834. The van der Waals surface area contributed by atoms with Crippen LogP contribution >= 0.6 is 0 Å². The number of anilines is 1. The van der Waals surface area contributed by atoms with E-state index in [1.807, 2.05) is 25.1 Å². The van der Waals surface area contributed by atoms with Crippen LogP contribution < -0.4 is 22.1 Å². The molecule has 1 aromatic carbocycles. The minimum Gasteiger partial charge on any atom is -0.465 e. The van der Waals surface area contributed by atoms with Gasteiger partial charge in [0.25, 0.3) is 5.91 Å². The molecule has 0 bridgehead atoms. The summed E-state index contributed by atoms with van der Waals surface area (Å²) >= 11 is 0. The number of benzene rings is 1. The second kappa shape index (κ2) is 9.52. The molecule has 0 aliphatic carbocycles. The highest BCUT2D eigenvalue weighted by Crippen LogP contribution is 2.13. The maximum absolute atomic E-state index is 12.3. The number of allylic oxidation sites excluding steroid dienone is 3. The Morgan fingerprint density at radius 3 is 2.63 bits per heavy atom. The van der Waals surface area contributed by atoms with E-state index in [9.17, 15) is 4.79 Å². The molecule has 1 heterocycles. The van der Waals surface area contributed by atoms with Crippen LogP contribution in [0.4, 0.5) is 5.69 Å². The van der Waals surface area contributed by atoms with E-state index in [0.717, 1.165) is 23.6 Å². The molecule has 144 valence electrons. The highest BCUT2D eigenvalue weighted by atomic mass is 16.3. The van der Waals surface area contributed by atoms with Gasteiger partial charge in [0.1, 0.15) is 17.3 Å². The highest BCUT2D eigenvalue weighted by molar-refractivity contribution is 5.95. The van der Waals surface area contributed by atoms with Crippen LogP contribution in [-0.2, 0) is 6.54 Å². The van der Waals surface area contributed by atoms with Crippen molar-refractivity contribution in [3.05, 3.63) is 77.2 Å². The molecule has 0 atom stereocenters. The zero-order valence-electron chi connectivity index (χ0n) is 16.1. The molecule has 6 nitrogen and oxygen atoms in total. The molecule has 0 unspecified atom stereocenters. The average Bonchev–Trinajstić information content (AvgIpc) is 3.03. The van der Waals surface area contributed by atoms with Crippen molar-refractivity contribution in [2.75, 3.05) is 5.32 Å². The lowest BCUT2D eigenvalue weighted by atomic mass is 10.1. The fourth-order valence-corrected chi connectivity index (χ4v) is 2.53. The molecule has 0 radical (unpaired) electrons. The van der Waals surface area contributed by atoms with Gasteiger partial charge in [-0.05, 0) is 61.7 Å². The second-order valence-corrected chi connectivity index (χ2v) is 6.86. The van der Waals surface area contributed by atoms with Crippen molar-refractivity contribution in [3.8, 4) is 0 Å². The molecular formula is C21H28N4O2. The number of nitrogens with two attached hydrogens (primary N) is 2. The maximum Gasteiger partial charge on any atom is 0.251 e. The molecule has 1 amide bonds.